The van der Waals surface area contributed by atoms with Crippen molar-refractivity contribution in [1.82, 2.24) is 4.57 Å². The highest BCUT2D eigenvalue weighted by Gasteiger charge is 2.14. The third-order valence-electron chi connectivity index (χ3n) is 2.66. The maximum absolute atomic E-state index is 11.9. The van der Waals surface area contributed by atoms with Crippen LogP contribution in [-0.4, -0.2) is 15.6 Å². The summed E-state index contributed by atoms with van der Waals surface area (Å²) >= 11 is 1.47. The Kier molecular flexibility index (Phi) is 3.28. The SMILES string of the molecule is CCCCn1cc(C(=O)O)c(=O)c2ccsc21. The molecule has 0 spiro atoms. The van der Waals surface area contributed by atoms with Gasteiger partial charge in [0.1, 0.15) is 10.4 Å². The molecule has 0 aliphatic carbocycles. The zero-order chi connectivity index (χ0) is 12.4. The molecule has 5 heteroatoms. The van der Waals surface area contributed by atoms with Crippen LogP contribution in [0.1, 0.15) is 30.1 Å². The maximum Gasteiger partial charge on any atom is 0.341 e. The van der Waals surface area contributed by atoms with E-state index in [9.17, 15) is 9.59 Å². The first-order valence-corrected chi connectivity index (χ1v) is 6.37. The predicted octanol–water partition coefficient (Wildman–Crippen LogP) is 2.56. The van der Waals surface area contributed by atoms with E-state index < -0.39 is 5.97 Å². The Labute approximate surface area is 102 Å². The van der Waals surface area contributed by atoms with Crippen molar-refractivity contribution in [3.05, 3.63) is 33.4 Å². The van der Waals surface area contributed by atoms with Gasteiger partial charge < -0.3 is 9.67 Å². The number of hydrogen-bond acceptors (Lipinski definition) is 3. The first kappa shape index (κ1) is 11.9. The third kappa shape index (κ3) is 2.10. The Morgan fingerprint density at radius 3 is 2.94 bits per heavy atom. The van der Waals surface area contributed by atoms with Crippen LogP contribution in [0.2, 0.25) is 0 Å². The van der Waals surface area contributed by atoms with Crippen LogP contribution in [0.15, 0.2) is 22.4 Å². The summed E-state index contributed by atoms with van der Waals surface area (Å²) in [6, 6.07) is 1.69. The number of thiophene rings is 1. The molecule has 2 heterocycles. The number of hydrogen-bond donors (Lipinski definition) is 1. The molecule has 0 saturated carbocycles. The van der Waals surface area contributed by atoms with Gasteiger partial charge in [-0.1, -0.05) is 13.3 Å². The quantitative estimate of drug-likeness (QED) is 0.908. The fraction of sp³-hybridized carbons (Fsp3) is 0.333. The van der Waals surface area contributed by atoms with Crippen LogP contribution in [0.25, 0.3) is 10.2 Å². The molecule has 0 aliphatic rings. The molecule has 0 radical (unpaired) electrons. The molecule has 0 unspecified atom stereocenters. The average molecular weight is 251 g/mol. The van der Waals surface area contributed by atoms with Crippen molar-refractivity contribution in [3.8, 4) is 0 Å². The zero-order valence-corrected chi connectivity index (χ0v) is 10.3. The monoisotopic (exact) mass is 251 g/mol. The number of carboxylic acids is 1. The van der Waals surface area contributed by atoms with Gasteiger partial charge in [-0.2, -0.15) is 0 Å². The number of aromatic nitrogens is 1. The molecular formula is C12H13NO3S. The summed E-state index contributed by atoms with van der Waals surface area (Å²) in [5.74, 6) is -1.16. The molecule has 0 aromatic carbocycles. The number of aromatic carboxylic acids is 1. The highest BCUT2D eigenvalue weighted by molar-refractivity contribution is 7.16. The minimum Gasteiger partial charge on any atom is -0.477 e. The number of aryl methyl sites for hydroxylation is 1. The van der Waals surface area contributed by atoms with Crippen molar-refractivity contribution in [2.45, 2.75) is 26.3 Å². The minimum atomic E-state index is -1.16. The lowest BCUT2D eigenvalue weighted by Crippen LogP contribution is -2.17. The van der Waals surface area contributed by atoms with Crippen LogP contribution in [0.4, 0.5) is 0 Å². The van der Waals surface area contributed by atoms with E-state index in [2.05, 4.69) is 6.92 Å². The molecule has 0 fully saturated rings. The van der Waals surface area contributed by atoms with E-state index in [0.29, 0.717) is 5.39 Å². The second kappa shape index (κ2) is 4.71. The molecule has 0 amide bonds. The van der Waals surface area contributed by atoms with Crippen molar-refractivity contribution in [1.29, 1.82) is 0 Å². The van der Waals surface area contributed by atoms with E-state index in [-0.39, 0.29) is 11.0 Å². The van der Waals surface area contributed by atoms with Gasteiger partial charge in [-0.05, 0) is 17.9 Å². The fourth-order valence-electron chi connectivity index (χ4n) is 1.76. The number of rotatable bonds is 4. The van der Waals surface area contributed by atoms with Crippen molar-refractivity contribution in [2.75, 3.05) is 0 Å². The van der Waals surface area contributed by atoms with E-state index in [1.54, 1.807) is 6.07 Å². The summed E-state index contributed by atoms with van der Waals surface area (Å²) in [7, 11) is 0. The lowest BCUT2D eigenvalue weighted by Gasteiger charge is -2.08. The summed E-state index contributed by atoms with van der Waals surface area (Å²) < 4.78 is 1.87. The predicted molar refractivity (Wildman–Crippen MR) is 68.0 cm³/mol. The highest BCUT2D eigenvalue weighted by Crippen LogP contribution is 2.19. The van der Waals surface area contributed by atoms with Crippen LogP contribution >= 0.6 is 11.3 Å². The first-order chi connectivity index (χ1) is 8.15. The third-order valence-corrected chi connectivity index (χ3v) is 3.61. The molecule has 90 valence electrons. The van der Waals surface area contributed by atoms with Gasteiger partial charge in [0.2, 0.25) is 5.43 Å². The van der Waals surface area contributed by atoms with Crippen LogP contribution in [0, 0.1) is 0 Å². The number of fused-ring (bicyclic) bond motifs is 1. The van der Waals surface area contributed by atoms with Crippen LogP contribution < -0.4 is 5.43 Å². The maximum atomic E-state index is 11.9. The van der Waals surface area contributed by atoms with Gasteiger partial charge in [0, 0.05) is 12.7 Å². The fourth-order valence-corrected chi connectivity index (χ4v) is 2.66. The Hall–Kier alpha value is -1.62. The molecule has 0 bridgehead atoms. The molecule has 4 nitrogen and oxygen atoms in total. The second-order valence-corrected chi connectivity index (χ2v) is 4.76. The minimum absolute atomic E-state index is 0.146. The molecule has 2 aromatic rings. The zero-order valence-electron chi connectivity index (χ0n) is 9.47. The summed E-state index contributed by atoms with van der Waals surface area (Å²) in [5.41, 5.74) is -0.534. The molecule has 0 aliphatic heterocycles. The first-order valence-electron chi connectivity index (χ1n) is 5.49. The van der Waals surface area contributed by atoms with Crippen molar-refractivity contribution in [2.24, 2.45) is 0 Å². The topological polar surface area (TPSA) is 59.3 Å². The van der Waals surface area contributed by atoms with Gasteiger partial charge in [-0.3, -0.25) is 4.79 Å². The highest BCUT2D eigenvalue weighted by atomic mass is 32.1. The van der Waals surface area contributed by atoms with Crippen molar-refractivity contribution >= 4 is 27.5 Å². The lowest BCUT2D eigenvalue weighted by atomic mass is 10.2. The Morgan fingerprint density at radius 1 is 1.53 bits per heavy atom. The molecule has 2 aromatic heterocycles. The van der Waals surface area contributed by atoms with E-state index in [0.717, 1.165) is 24.2 Å². The largest absolute Gasteiger partial charge is 0.477 e. The summed E-state index contributed by atoms with van der Waals surface area (Å²) in [4.78, 5) is 23.7. The van der Waals surface area contributed by atoms with E-state index >= 15 is 0 Å². The number of pyridine rings is 1. The summed E-state index contributed by atoms with van der Waals surface area (Å²) in [6.45, 7) is 2.82. The summed E-state index contributed by atoms with van der Waals surface area (Å²) in [5, 5.41) is 11.3. The molecular weight excluding hydrogens is 238 g/mol. The van der Waals surface area contributed by atoms with E-state index in [4.69, 9.17) is 5.11 Å². The molecule has 2 rings (SSSR count). The van der Waals surface area contributed by atoms with Gasteiger partial charge >= 0.3 is 5.97 Å². The van der Waals surface area contributed by atoms with Crippen molar-refractivity contribution in [3.63, 3.8) is 0 Å². The lowest BCUT2D eigenvalue weighted by molar-refractivity contribution is 0.0695. The Bertz CT molecular complexity index is 612. The standard InChI is InChI=1S/C12H13NO3S/c1-2-3-5-13-7-9(12(15)16)10(14)8-4-6-17-11(8)13/h4,6-7H,2-3,5H2,1H3,(H,15,16). The molecule has 0 saturated heterocycles. The second-order valence-electron chi connectivity index (χ2n) is 3.86. The Balaban J connectivity index is 2.65. The average Bonchev–Trinajstić information content (AvgIpc) is 2.77. The van der Waals surface area contributed by atoms with E-state index in [1.807, 2.05) is 9.95 Å². The van der Waals surface area contributed by atoms with Gasteiger partial charge in [0.25, 0.3) is 0 Å². The van der Waals surface area contributed by atoms with Crippen LogP contribution in [0.3, 0.4) is 0 Å². The molecule has 1 N–H and O–H groups in total. The number of nitrogens with zero attached hydrogens (tertiary/aromatic N) is 1. The van der Waals surface area contributed by atoms with Gasteiger partial charge in [0.15, 0.2) is 0 Å². The normalized spacial score (nSPS) is 10.9. The van der Waals surface area contributed by atoms with Gasteiger partial charge in [0.05, 0.1) is 5.39 Å². The van der Waals surface area contributed by atoms with Crippen molar-refractivity contribution < 1.29 is 9.90 Å². The van der Waals surface area contributed by atoms with E-state index in [1.165, 1.54) is 17.5 Å². The summed E-state index contributed by atoms with van der Waals surface area (Å²) in [6.07, 6.45) is 3.45. The molecule has 0 atom stereocenters. The Morgan fingerprint density at radius 2 is 2.29 bits per heavy atom. The van der Waals surface area contributed by atoms with Gasteiger partial charge in [-0.25, -0.2) is 4.79 Å². The van der Waals surface area contributed by atoms with Crippen LogP contribution in [0.5, 0.6) is 0 Å². The number of carbonyl (C=O) groups is 1. The number of unbranched alkanes of at least 4 members (excludes halogenated alkanes) is 1. The van der Waals surface area contributed by atoms with Gasteiger partial charge in [-0.15, -0.1) is 11.3 Å². The smallest absolute Gasteiger partial charge is 0.341 e. The van der Waals surface area contributed by atoms with Crippen LogP contribution in [-0.2, 0) is 6.54 Å². The molecule has 17 heavy (non-hydrogen) atoms. The number of carboxylic acid groups (broad SMARTS) is 1.